The number of nitrogens with two attached hydrogens (primary N) is 1. The lowest BCUT2D eigenvalue weighted by atomic mass is 10.2. The number of hydrogen-bond acceptors (Lipinski definition) is 2. The van der Waals surface area contributed by atoms with Gasteiger partial charge in [0.15, 0.2) is 0 Å². The molecule has 0 saturated heterocycles. The molecule has 1 aliphatic carbocycles. The Morgan fingerprint density at radius 3 is 2.67 bits per heavy atom. The minimum Gasteiger partial charge on any atom is -0.397 e. The zero-order valence-corrected chi connectivity index (χ0v) is 11.5. The van der Waals surface area contributed by atoms with Gasteiger partial charge in [-0.1, -0.05) is 0 Å². The summed E-state index contributed by atoms with van der Waals surface area (Å²) in [6, 6.07) is 3.84. The third-order valence-corrected chi connectivity index (χ3v) is 3.54. The second kappa shape index (κ2) is 4.87. The summed E-state index contributed by atoms with van der Waals surface area (Å²) in [5.41, 5.74) is 6.56. The zero-order chi connectivity index (χ0) is 15.1. The van der Waals surface area contributed by atoms with Crippen LogP contribution >= 0.6 is 0 Å². The number of anilines is 2. The largest absolute Gasteiger partial charge is 0.397 e. The molecule has 1 fully saturated rings. The summed E-state index contributed by atoms with van der Waals surface area (Å²) in [5.74, 6) is -1.73. The Morgan fingerprint density at radius 2 is 2.00 bits per heavy atom. The molecule has 21 heavy (non-hydrogen) atoms. The molecule has 3 N–H and O–H groups in total. The number of rotatable bonds is 3. The summed E-state index contributed by atoms with van der Waals surface area (Å²) in [6.45, 7) is 1.46. The van der Waals surface area contributed by atoms with Crippen molar-refractivity contribution in [3.63, 3.8) is 0 Å². The van der Waals surface area contributed by atoms with Crippen LogP contribution in [0.15, 0.2) is 24.4 Å². The molecule has 3 rings (SSSR count). The Balaban J connectivity index is 1.88. The Hall–Kier alpha value is -2.37. The van der Waals surface area contributed by atoms with Gasteiger partial charge in [-0.05, 0) is 37.5 Å². The summed E-state index contributed by atoms with van der Waals surface area (Å²) in [6.07, 6.45) is 3.67. The predicted molar refractivity (Wildman–Crippen MR) is 76.2 cm³/mol. The van der Waals surface area contributed by atoms with Crippen LogP contribution in [0.25, 0.3) is 0 Å². The molecule has 0 radical (unpaired) electrons. The van der Waals surface area contributed by atoms with E-state index in [1.54, 1.807) is 10.8 Å². The van der Waals surface area contributed by atoms with E-state index in [2.05, 4.69) is 5.32 Å². The molecule has 6 heteroatoms. The molecule has 0 atom stereocenters. The lowest BCUT2D eigenvalue weighted by Gasteiger charge is -2.10. The predicted octanol–water partition coefficient (Wildman–Crippen LogP) is 3.24. The lowest BCUT2D eigenvalue weighted by molar-refractivity contribution is 0.101. The smallest absolute Gasteiger partial charge is 0.272 e. The molecule has 1 heterocycles. The molecule has 0 aliphatic heterocycles. The molecular weight excluding hydrogens is 276 g/mol. The van der Waals surface area contributed by atoms with Crippen molar-refractivity contribution in [2.75, 3.05) is 11.1 Å². The number of carbonyl (C=O) groups is 1. The van der Waals surface area contributed by atoms with E-state index in [0.717, 1.165) is 25.0 Å². The number of carbonyl (C=O) groups excluding carboxylic acids is 1. The zero-order valence-electron chi connectivity index (χ0n) is 11.5. The monoisotopic (exact) mass is 291 g/mol. The highest BCUT2D eigenvalue weighted by Gasteiger charge is 2.28. The third-order valence-electron chi connectivity index (χ3n) is 3.54. The first-order valence-electron chi connectivity index (χ1n) is 6.70. The average molecular weight is 291 g/mol. The Bertz CT molecular complexity index is 720. The molecular formula is C15H15F2N3O. The maximum Gasteiger partial charge on any atom is 0.272 e. The van der Waals surface area contributed by atoms with Crippen molar-refractivity contribution in [1.29, 1.82) is 0 Å². The van der Waals surface area contributed by atoms with Gasteiger partial charge >= 0.3 is 0 Å². The van der Waals surface area contributed by atoms with E-state index in [0.29, 0.717) is 11.4 Å². The van der Waals surface area contributed by atoms with Crippen LogP contribution in [0.5, 0.6) is 0 Å². The molecule has 110 valence electrons. The van der Waals surface area contributed by atoms with Crippen LogP contribution < -0.4 is 11.1 Å². The van der Waals surface area contributed by atoms with Crippen molar-refractivity contribution in [3.8, 4) is 0 Å². The summed E-state index contributed by atoms with van der Waals surface area (Å²) < 4.78 is 29.0. The highest BCUT2D eigenvalue weighted by molar-refractivity contribution is 6.04. The number of benzene rings is 1. The fourth-order valence-electron chi connectivity index (χ4n) is 2.27. The first-order chi connectivity index (χ1) is 9.95. The number of amides is 1. The first kappa shape index (κ1) is 13.6. The van der Waals surface area contributed by atoms with Gasteiger partial charge in [0.1, 0.15) is 17.3 Å². The summed E-state index contributed by atoms with van der Waals surface area (Å²) in [5, 5.41) is 2.40. The van der Waals surface area contributed by atoms with E-state index in [4.69, 9.17) is 5.73 Å². The fraction of sp³-hybridized carbons (Fsp3) is 0.267. The lowest BCUT2D eigenvalue weighted by Crippen LogP contribution is -2.17. The molecule has 4 nitrogen and oxygen atoms in total. The maximum atomic E-state index is 13.8. The first-order valence-corrected chi connectivity index (χ1v) is 6.70. The van der Waals surface area contributed by atoms with Crippen LogP contribution in [0.1, 0.15) is 34.9 Å². The number of nitrogens with one attached hydrogen (secondary N) is 1. The molecule has 1 aromatic carbocycles. The third kappa shape index (κ3) is 2.61. The minimum absolute atomic E-state index is 0.176. The summed E-state index contributed by atoms with van der Waals surface area (Å²) in [4.78, 5) is 12.3. The molecule has 0 unspecified atom stereocenters. The molecule has 2 aromatic rings. The van der Waals surface area contributed by atoms with Gasteiger partial charge in [0.2, 0.25) is 0 Å². The molecule has 0 bridgehead atoms. The maximum absolute atomic E-state index is 13.8. The molecule has 0 spiro atoms. The van der Waals surface area contributed by atoms with Gasteiger partial charge in [0, 0.05) is 18.3 Å². The number of hydrogen-bond donors (Lipinski definition) is 2. The average Bonchev–Trinajstić information content (AvgIpc) is 3.18. The van der Waals surface area contributed by atoms with Crippen LogP contribution in [-0.2, 0) is 0 Å². The highest BCUT2D eigenvalue weighted by atomic mass is 19.1. The van der Waals surface area contributed by atoms with Gasteiger partial charge in [-0.3, -0.25) is 4.79 Å². The van der Waals surface area contributed by atoms with Gasteiger partial charge in [0.05, 0.1) is 11.4 Å². The van der Waals surface area contributed by atoms with E-state index in [-0.39, 0.29) is 17.3 Å². The number of nitrogen functional groups attached to an aromatic ring is 1. The van der Waals surface area contributed by atoms with Crippen molar-refractivity contribution in [1.82, 2.24) is 4.57 Å². The Morgan fingerprint density at radius 1 is 1.29 bits per heavy atom. The van der Waals surface area contributed by atoms with Crippen molar-refractivity contribution in [3.05, 3.63) is 47.3 Å². The Labute approximate surface area is 120 Å². The molecule has 1 aliphatic rings. The highest BCUT2D eigenvalue weighted by Crippen LogP contribution is 2.37. The van der Waals surface area contributed by atoms with Gasteiger partial charge < -0.3 is 15.6 Å². The van der Waals surface area contributed by atoms with Gasteiger partial charge in [-0.25, -0.2) is 8.78 Å². The van der Waals surface area contributed by atoms with Crippen LogP contribution in [0, 0.1) is 18.6 Å². The number of aromatic nitrogens is 1. The van der Waals surface area contributed by atoms with Gasteiger partial charge in [-0.15, -0.1) is 0 Å². The van der Waals surface area contributed by atoms with Crippen LogP contribution in [-0.4, -0.2) is 10.5 Å². The molecule has 1 aromatic heterocycles. The van der Waals surface area contributed by atoms with Crippen molar-refractivity contribution < 1.29 is 13.6 Å². The van der Waals surface area contributed by atoms with Crippen LogP contribution in [0.4, 0.5) is 20.2 Å². The molecule has 1 saturated carbocycles. The van der Waals surface area contributed by atoms with Crippen LogP contribution in [0.3, 0.4) is 0 Å². The summed E-state index contributed by atoms with van der Waals surface area (Å²) in [7, 11) is 0. The van der Waals surface area contributed by atoms with Crippen molar-refractivity contribution in [2.45, 2.75) is 25.8 Å². The molecule has 1 amide bonds. The quantitative estimate of drug-likeness (QED) is 0.912. The number of halogens is 2. The minimum atomic E-state index is -0.667. The Kier molecular flexibility index (Phi) is 3.16. The number of nitrogens with zero attached hydrogens (tertiary/aromatic N) is 1. The van der Waals surface area contributed by atoms with Crippen molar-refractivity contribution in [2.24, 2.45) is 0 Å². The van der Waals surface area contributed by atoms with Crippen molar-refractivity contribution >= 4 is 17.3 Å². The van der Waals surface area contributed by atoms with E-state index in [1.807, 2.05) is 0 Å². The second-order valence-corrected chi connectivity index (χ2v) is 5.33. The topological polar surface area (TPSA) is 60.1 Å². The normalized spacial score (nSPS) is 14.2. The van der Waals surface area contributed by atoms with E-state index >= 15 is 0 Å². The number of aryl methyl sites for hydroxylation is 1. The van der Waals surface area contributed by atoms with Crippen LogP contribution in [0.2, 0.25) is 0 Å². The SMILES string of the molecule is Cc1cc(F)c(NC(=O)c2cc(N)cn2C2CC2)cc1F. The summed E-state index contributed by atoms with van der Waals surface area (Å²) >= 11 is 0. The standard InChI is InChI=1S/C15H15F2N3O/c1-8-4-12(17)13(6-11(8)16)19-15(21)14-5-9(18)7-20(14)10-2-3-10/h4-7,10H,2-3,18H2,1H3,(H,19,21). The van der Waals surface area contributed by atoms with E-state index in [9.17, 15) is 13.6 Å². The second-order valence-electron chi connectivity index (χ2n) is 5.33. The van der Waals surface area contributed by atoms with E-state index in [1.165, 1.54) is 13.0 Å². The fourth-order valence-corrected chi connectivity index (χ4v) is 2.27. The van der Waals surface area contributed by atoms with Gasteiger partial charge in [-0.2, -0.15) is 0 Å². The van der Waals surface area contributed by atoms with Gasteiger partial charge in [0.25, 0.3) is 5.91 Å². The van der Waals surface area contributed by atoms with E-state index < -0.39 is 17.5 Å².